The van der Waals surface area contributed by atoms with Crippen LogP contribution in [-0.2, 0) is 16.0 Å². The molecule has 0 saturated carbocycles. The van der Waals surface area contributed by atoms with Gasteiger partial charge in [0.2, 0.25) is 5.91 Å². The highest BCUT2D eigenvalue weighted by Gasteiger charge is 2.51. The number of hydrogen-bond acceptors (Lipinski definition) is 5. The Morgan fingerprint density at radius 3 is 2.58 bits per heavy atom. The summed E-state index contributed by atoms with van der Waals surface area (Å²) in [5, 5.41) is 3.86. The molecule has 33 heavy (non-hydrogen) atoms. The molecule has 1 N–H and O–H groups in total. The van der Waals surface area contributed by atoms with Gasteiger partial charge in [0.05, 0.1) is 13.2 Å². The number of nitrogens with zero attached hydrogens (tertiary/aromatic N) is 1. The van der Waals surface area contributed by atoms with Crippen molar-refractivity contribution in [2.45, 2.75) is 76.9 Å². The van der Waals surface area contributed by atoms with E-state index >= 15 is 0 Å². The van der Waals surface area contributed by atoms with Crippen molar-refractivity contribution in [1.82, 2.24) is 10.2 Å². The molecular formula is C28H40N2O3. The summed E-state index contributed by atoms with van der Waals surface area (Å²) in [6.07, 6.45) is 6.71. The van der Waals surface area contributed by atoms with Crippen LogP contribution >= 0.6 is 0 Å². The fraction of sp³-hybridized carbons (Fsp3) is 0.571. The molecule has 0 aliphatic carbocycles. The van der Waals surface area contributed by atoms with E-state index in [0.717, 1.165) is 50.4 Å². The molecule has 2 fully saturated rings. The van der Waals surface area contributed by atoms with Crippen molar-refractivity contribution in [3.63, 3.8) is 0 Å². The zero-order valence-electron chi connectivity index (χ0n) is 20.5. The van der Waals surface area contributed by atoms with Gasteiger partial charge in [-0.2, -0.15) is 0 Å². The lowest BCUT2D eigenvalue weighted by Crippen LogP contribution is -2.65. The monoisotopic (exact) mass is 452 g/mol. The van der Waals surface area contributed by atoms with Gasteiger partial charge in [-0.1, -0.05) is 75.2 Å². The van der Waals surface area contributed by atoms with Crippen molar-refractivity contribution in [1.29, 1.82) is 0 Å². The lowest BCUT2D eigenvalue weighted by atomic mass is 9.88. The van der Waals surface area contributed by atoms with E-state index in [9.17, 15) is 0 Å². The average molecular weight is 453 g/mol. The van der Waals surface area contributed by atoms with Crippen LogP contribution in [0.5, 0.6) is 5.75 Å². The topological polar surface area (TPSA) is 43.0 Å². The first-order chi connectivity index (χ1) is 16.2. The summed E-state index contributed by atoms with van der Waals surface area (Å²) in [6, 6.07) is 19.6. The summed E-state index contributed by atoms with van der Waals surface area (Å²) in [7, 11) is 1.74. The quantitative estimate of drug-likeness (QED) is 0.462. The fourth-order valence-corrected chi connectivity index (χ4v) is 5.27. The first-order valence-corrected chi connectivity index (χ1v) is 12.6. The van der Waals surface area contributed by atoms with Crippen LogP contribution in [0.25, 0.3) is 0 Å². The minimum Gasteiger partial charge on any atom is -0.496 e. The highest BCUT2D eigenvalue weighted by molar-refractivity contribution is 5.33. The molecule has 2 heterocycles. The molecule has 2 aromatic carbocycles. The standard InChI is InChI=1S/C28H40N2O3/c1-4-22(2)12-10-18-28(32-21-33-28)30-19-11-16-25(27(30)23-13-6-5-7-14-23)29-20-24-15-8-9-17-26(24)31-3/h5-9,13-15,17,22,25,27,29H,4,10-12,16,18-21H2,1-3H3/t22?,25-,27-/m0/s1. The molecule has 4 rings (SSSR count). The highest BCUT2D eigenvalue weighted by Crippen LogP contribution is 2.43. The van der Waals surface area contributed by atoms with Crippen LogP contribution in [0.4, 0.5) is 0 Å². The maximum absolute atomic E-state index is 6.23. The number of likely N-dealkylation sites (tertiary alicyclic amines) is 1. The number of hydrogen-bond donors (Lipinski definition) is 1. The van der Waals surface area contributed by atoms with Crippen LogP contribution in [0, 0.1) is 5.92 Å². The number of methoxy groups -OCH3 is 1. The molecule has 2 aromatic rings. The van der Waals surface area contributed by atoms with Crippen molar-refractivity contribution in [3.8, 4) is 5.75 Å². The fourth-order valence-electron chi connectivity index (χ4n) is 5.27. The smallest absolute Gasteiger partial charge is 0.234 e. The van der Waals surface area contributed by atoms with Gasteiger partial charge in [0.1, 0.15) is 5.75 Å². The second-order valence-electron chi connectivity index (χ2n) is 9.52. The van der Waals surface area contributed by atoms with Crippen molar-refractivity contribution in [3.05, 3.63) is 65.7 Å². The molecule has 5 nitrogen and oxygen atoms in total. The normalized spacial score (nSPS) is 23.6. The SMILES string of the molecule is CCC(C)CCCC1(N2CCC[C@H](NCc3ccccc3OC)[C@@H]2c2ccccc2)OCO1. The highest BCUT2D eigenvalue weighted by atomic mass is 16.9. The van der Waals surface area contributed by atoms with Crippen LogP contribution in [0.3, 0.4) is 0 Å². The van der Waals surface area contributed by atoms with E-state index in [1.807, 2.05) is 12.1 Å². The summed E-state index contributed by atoms with van der Waals surface area (Å²) < 4.78 is 18.0. The van der Waals surface area contributed by atoms with Crippen LogP contribution in [-0.4, -0.2) is 37.3 Å². The average Bonchev–Trinajstić information content (AvgIpc) is 2.84. The Morgan fingerprint density at radius 1 is 1.12 bits per heavy atom. The van der Waals surface area contributed by atoms with Crippen molar-refractivity contribution < 1.29 is 14.2 Å². The minimum absolute atomic E-state index is 0.193. The molecule has 2 saturated heterocycles. The van der Waals surface area contributed by atoms with E-state index in [1.54, 1.807) is 7.11 Å². The summed E-state index contributed by atoms with van der Waals surface area (Å²) in [6.45, 7) is 6.75. The van der Waals surface area contributed by atoms with Gasteiger partial charge in [-0.3, -0.25) is 0 Å². The van der Waals surface area contributed by atoms with Crippen molar-refractivity contribution >= 4 is 0 Å². The third kappa shape index (κ3) is 5.60. The lowest BCUT2D eigenvalue weighted by Gasteiger charge is -2.55. The number of nitrogens with one attached hydrogen (secondary N) is 1. The van der Waals surface area contributed by atoms with Gasteiger partial charge >= 0.3 is 0 Å². The molecule has 0 aromatic heterocycles. The van der Waals surface area contributed by atoms with Crippen LogP contribution in [0.2, 0.25) is 0 Å². The van der Waals surface area contributed by atoms with E-state index in [2.05, 4.69) is 66.5 Å². The van der Waals surface area contributed by atoms with Crippen LogP contribution < -0.4 is 10.1 Å². The summed E-state index contributed by atoms with van der Waals surface area (Å²) in [5.41, 5.74) is 2.50. The molecule has 1 unspecified atom stereocenters. The number of ether oxygens (including phenoxy) is 3. The van der Waals surface area contributed by atoms with Gasteiger partial charge in [0.15, 0.2) is 6.79 Å². The molecule has 0 amide bonds. The van der Waals surface area contributed by atoms with Crippen LogP contribution in [0.1, 0.15) is 69.5 Å². The second-order valence-corrected chi connectivity index (χ2v) is 9.52. The van der Waals surface area contributed by atoms with Crippen LogP contribution in [0.15, 0.2) is 54.6 Å². The summed E-state index contributed by atoms with van der Waals surface area (Å²) in [5.74, 6) is 1.07. The predicted molar refractivity (Wildman–Crippen MR) is 132 cm³/mol. The largest absolute Gasteiger partial charge is 0.496 e. The molecule has 180 valence electrons. The van der Waals surface area contributed by atoms with Crippen molar-refractivity contribution in [2.24, 2.45) is 5.92 Å². The molecular weight excluding hydrogens is 412 g/mol. The van der Waals surface area contributed by atoms with Crippen molar-refractivity contribution in [2.75, 3.05) is 20.4 Å². The van der Waals surface area contributed by atoms with Gasteiger partial charge in [-0.05, 0) is 36.8 Å². The Labute approximate surface area is 199 Å². The molecule has 2 aliphatic heterocycles. The van der Waals surface area contributed by atoms with Gasteiger partial charge < -0.3 is 19.5 Å². The number of rotatable bonds is 11. The Morgan fingerprint density at radius 2 is 1.88 bits per heavy atom. The Kier molecular flexibility index (Phi) is 8.42. The maximum Gasteiger partial charge on any atom is 0.234 e. The Balaban J connectivity index is 1.54. The summed E-state index contributed by atoms with van der Waals surface area (Å²) >= 11 is 0. The first-order valence-electron chi connectivity index (χ1n) is 12.6. The van der Waals surface area contributed by atoms with E-state index in [-0.39, 0.29) is 6.04 Å². The second kappa shape index (κ2) is 11.5. The molecule has 5 heteroatoms. The zero-order chi connectivity index (χ0) is 23.1. The molecule has 2 aliphatic rings. The van der Waals surface area contributed by atoms with E-state index in [4.69, 9.17) is 14.2 Å². The molecule has 0 bridgehead atoms. The van der Waals surface area contributed by atoms with Gasteiger partial charge in [0, 0.05) is 31.1 Å². The van der Waals surface area contributed by atoms with Gasteiger partial charge in [0.25, 0.3) is 0 Å². The number of para-hydroxylation sites is 1. The third-order valence-corrected chi connectivity index (χ3v) is 7.41. The minimum atomic E-state index is -0.598. The van der Waals surface area contributed by atoms with E-state index in [0.29, 0.717) is 12.8 Å². The van der Waals surface area contributed by atoms with Gasteiger partial charge in [-0.25, -0.2) is 4.90 Å². The first kappa shape index (κ1) is 24.2. The van der Waals surface area contributed by atoms with E-state index in [1.165, 1.54) is 24.0 Å². The number of benzene rings is 2. The third-order valence-electron chi connectivity index (χ3n) is 7.41. The molecule has 0 radical (unpaired) electrons. The molecule has 3 atom stereocenters. The maximum atomic E-state index is 6.23. The Hall–Kier alpha value is -1.92. The summed E-state index contributed by atoms with van der Waals surface area (Å²) in [4.78, 5) is 2.49. The van der Waals surface area contributed by atoms with E-state index < -0.39 is 5.91 Å². The molecule has 0 spiro atoms. The van der Waals surface area contributed by atoms with Gasteiger partial charge in [-0.15, -0.1) is 0 Å². The zero-order valence-corrected chi connectivity index (χ0v) is 20.5. The Bertz CT molecular complexity index is 855. The lowest BCUT2D eigenvalue weighted by molar-refractivity contribution is -0.465. The number of piperidine rings is 1. The predicted octanol–water partition coefficient (Wildman–Crippen LogP) is 5.87.